The van der Waals surface area contributed by atoms with E-state index in [0.29, 0.717) is 0 Å². The standard InChI is InChI=1S/C17H21NO2/c1-12-6-5-7-13(10-12)17(18-2)15-9-8-14(19-3)11-16(15)20-4/h5-11,17-18H,1-4H3. The van der Waals surface area contributed by atoms with Crippen molar-refractivity contribution in [3.8, 4) is 11.5 Å². The van der Waals surface area contributed by atoms with E-state index in [1.165, 1.54) is 11.1 Å². The summed E-state index contributed by atoms with van der Waals surface area (Å²) in [6.07, 6.45) is 0. The Labute approximate surface area is 120 Å². The summed E-state index contributed by atoms with van der Waals surface area (Å²) in [4.78, 5) is 0. The van der Waals surface area contributed by atoms with Crippen molar-refractivity contribution in [1.29, 1.82) is 0 Å². The van der Waals surface area contributed by atoms with Crippen LogP contribution in [0.3, 0.4) is 0 Å². The number of ether oxygens (including phenoxy) is 2. The van der Waals surface area contributed by atoms with Crippen LogP contribution in [0.25, 0.3) is 0 Å². The quantitative estimate of drug-likeness (QED) is 0.905. The van der Waals surface area contributed by atoms with Crippen molar-refractivity contribution in [2.45, 2.75) is 13.0 Å². The Morgan fingerprint density at radius 2 is 1.80 bits per heavy atom. The normalized spacial score (nSPS) is 12.0. The third-order valence-electron chi connectivity index (χ3n) is 3.42. The Hall–Kier alpha value is -2.00. The van der Waals surface area contributed by atoms with Crippen molar-refractivity contribution in [2.24, 2.45) is 0 Å². The molecule has 3 nitrogen and oxygen atoms in total. The number of nitrogens with one attached hydrogen (secondary N) is 1. The smallest absolute Gasteiger partial charge is 0.127 e. The molecule has 1 N–H and O–H groups in total. The topological polar surface area (TPSA) is 30.5 Å². The summed E-state index contributed by atoms with van der Waals surface area (Å²) < 4.78 is 10.8. The first-order chi connectivity index (χ1) is 9.69. The fourth-order valence-corrected chi connectivity index (χ4v) is 2.41. The maximum absolute atomic E-state index is 5.50. The van der Waals surface area contributed by atoms with Crippen LogP contribution in [0, 0.1) is 6.92 Å². The molecular weight excluding hydrogens is 250 g/mol. The number of aryl methyl sites for hydroxylation is 1. The molecule has 0 aliphatic heterocycles. The summed E-state index contributed by atoms with van der Waals surface area (Å²) in [6, 6.07) is 14.5. The molecule has 0 fully saturated rings. The number of benzene rings is 2. The zero-order chi connectivity index (χ0) is 14.5. The van der Waals surface area contributed by atoms with E-state index in [-0.39, 0.29) is 6.04 Å². The second-order valence-electron chi connectivity index (χ2n) is 4.74. The second kappa shape index (κ2) is 6.44. The van der Waals surface area contributed by atoms with Gasteiger partial charge in [-0.25, -0.2) is 0 Å². The van der Waals surface area contributed by atoms with Gasteiger partial charge < -0.3 is 14.8 Å². The fraction of sp³-hybridized carbons (Fsp3) is 0.294. The summed E-state index contributed by atoms with van der Waals surface area (Å²) in [5.41, 5.74) is 3.56. The molecule has 0 heterocycles. The third-order valence-corrected chi connectivity index (χ3v) is 3.42. The average Bonchev–Trinajstić information content (AvgIpc) is 2.48. The van der Waals surface area contributed by atoms with Gasteiger partial charge in [-0.3, -0.25) is 0 Å². The van der Waals surface area contributed by atoms with Gasteiger partial charge in [-0.05, 0) is 31.7 Å². The van der Waals surface area contributed by atoms with E-state index in [2.05, 4.69) is 36.5 Å². The predicted molar refractivity (Wildman–Crippen MR) is 81.6 cm³/mol. The molecule has 0 aliphatic rings. The van der Waals surface area contributed by atoms with E-state index < -0.39 is 0 Å². The minimum atomic E-state index is 0.0933. The second-order valence-corrected chi connectivity index (χ2v) is 4.74. The highest BCUT2D eigenvalue weighted by Gasteiger charge is 2.17. The highest BCUT2D eigenvalue weighted by Crippen LogP contribution is 2.33. The Morgan fingerprint density at radius 3 is 2.40 bits per heavy atom. The summed E-state index contributed by atoms with van der Waals surface area (Å²) >= 11 is 0. The first kappa shape index (κ1) is 14.4. The van der Waals surface area contributed by atoms with Crippen molar-refractivity contribution >= 4 is 0 Å². The van der Waals surface area contributed by atoms with Crippen LogP contribution in [-0.4, -0.2) is 21.3 Å². The number of rotatable bonds is 5. The van der Waals surface area contributed by atoms with Crippen molar-refractivity contribution in [3.63, 3.8) is 0 Å². The van der Waals surface area contributed by atoms with E-state index in [0.717, 1.165) is 17.1 Å². The first-order valence-corrected chi connectivity index (χ1v) is 6.65. The molecule has 106 valence electrons. The molecule has 1 atom stereocenters. The van der Waals surface area contributed by atoms with Crippen molar-refractivity contribution in [1.82, 2.24) is 5.32 Å². The maximum atomic E-state index is 5.50. The summed E-state index contributed by atoms with van der Waals surface area (Å²) in [5, 5.41) is 3.35. The van der Waals surface area contributed by atoms with Crippen molar-refractivity contribution in [2.75, 3.05) is 21.3 Å². The average molecular weight is 271 g/mol. The van der Waals surface area contributed by atoms with Crippen molar-refractivity contribution < 1.29 is 9.47 Å². The highest BCUT2D eigenvalue weighted by atomic mass is 16.5. The van der Waals surface area contributed by atoms with Crippen LogP contribution in [0.5, 0.6) is 11.5 Å². The molecule has 3 heteroatoms. The summed E-state index contributed by atoms with van der Waals surface area (Å²) in [5.74, 6) is 1.62. The monoisotopic (exact) mass is 271 g/mol. The van der Waals surface area contributed by atoms with Gasteiger partial charge in [-0.15, -0.1) is 0 Å². The van der Waals surface area contributed by atoms with Crippen LogP contribution in [0.15, 0.2) is 42.5 Å². The molecule has 0 aromatic heterocycles. The van der Waals surface area contributed by atoms with Gasteiger partial charge in [0.05, 0.1) is 20.3 Å². The van der Waals surface area contributed by atoms with E-state index >= 15 is 0 Å². The molecule has 0 spiro atoms. The largest absolute Gasteiger partial charge is 0.497 e. The third kappa shape index (κ3) is 2.94. The molecule has 20 heavy (non-hydrogen) atoms. The number of hydrogen-bond donors (Lipinski definition) is 1. The van der Waals surface area contributed by atoms with Crippen LogP contribution < -0.4 is 14.8 Å². The van der Waals surface area contributed by atoms with Gasteiger partial charge in [0.15, 0.2) is 0 Å². The lowest BCUT2D eigenvalue weighted by Gasteiger charge is -2.20. The zero-order valence-electron chi connectivity index (χ0n) is 12.4. The molecule has 2 aromatic carbocycles. The van der Waals surface area contributed by atoms with Gasteiger partial charge in [0.2, 0.25) is 0 Å². The highest BCUT2D eigenvalue weighted by molar-refractivity contribution is 5.46. The maximum Gasteiger partial charge on any atom is 0.127 e. The van der Waals surface area contributed by atoms with Gasteiger partial charge >= 0.3 is 0 Å². The molecule has 1 unspecified atom stereocenters. The van der Waals surface area contributed by atoms with Crippen LogP contribution in [-0.2, 0) is 0 Å². The summed E-state index contributed by atoms with van der Waals surface area (Å²) in [7, 11) is 5.29. The molecule has 0 saturated carbocycles. The van der Waals surface area contributed by atoms with Gasteiger partial charge in [-0.1, -0.05) is 29.8 Å². The number of methoxy groups -OCH3 is 2. The zero-order valence-corrected chi connectivity index (χ0v) is 12.4. The summed E-state index contributed by atoms with van der Waals surface area (Å²) in [6.45, 7) is 2.10. The molecule has 0 aliphatic carbocycles. The van der Waals surface area contributed by atoms with Crippen molar-refractivity contribution in [3.05, 3.63) is 59.2 Å². The minimum Gasteiger partial charge on any atom is -0.497 e. The first-order valence-electron chi connectivity index (χ1n) is 6.65. The molecule has 0 amide bonds. The van der Waals surface area contributed by atoms with Gasteiger partial charge in [0.1, 0.15) is 11.5 Å². The molecule has 2 aromatic rings. The molecule has 0 saturated heterocycles. The molecule has 0 bridgehead atoms. The fourth-order valence-electron chi connectivity index (χ4n) is 2.41. The lowest BCUT2D eigenvalue weighted by molar-refractivity contribution is 0.388. The Kier molecular flexibility index (Phi) is 4.64. The van der Waals surface area contributed by atoms with Gasteiger partial charge in [-0.2, -0.15) is 0 Å². The van der Waals surface area contributed by atoms with Crippen LogP contribution >= 0.6 is 0 Å². The lowest BCUT2D eigenvalue weighted by Crippen LogP contribution is -2.18. The van der Waals surface area contributed by atoms with E-state index in [9.17, 15) is 0 Å². The van der Waals surface area contributed by atoms with E-state index in [4.69, 9.17) is 9.47 Å². The van der Waals surface area contributed by atoms with Gasteiger partial charge in [0, 0.05) is 11.6 Å². The van der Waals surface area contributed by atoms with Gasteiger partial charge in [0.25, 0.3) is 0 Å². The Bertz CT molecular complexity index is 581. The molecule has 0 radical (unpaired) electrons. The van der Waals surface area contributed by atoms with Crippen LogP contribution in [0.4, 0.5) is 0 Å². The predicted octanol–water partition coefficient (Wildman–Crippen LogP) is 3.32. The lowest BCUT2D eigenvalue weighted by atomic mass is 9.96. The van der Waals surface area contributed by atoms with E-state index in [1.54, 1.807) is 14.2 Å². The van der Waals surface area contributed by atoms with Crippen LogP contribution in [0.2, 0.25) is 0 Å². The Morgan fingerprint density at radius 1 is 1.00 bits per heavy atom. The van der Waals surface area contributed by atoms with Crippen LogP contribution in [0.1, 0.15) is 22.7 Å². The minimum absolute atomic E-state index is 0.0933. The Balaban J connectivity index is 2.46. The number of hydrogen-bond acceptors (Lipinski definition) is 3. The SMILES string of the molecule is CNC(c1cccc(C)c1)c1ccc(OC)cc1OC. The molecule has 2 rings (SSSR count). The van der Waals surface area contributed by atoms with E-state index in [1.807, 2.05) is 25.2 Å². The molecular formula is C17H21NO2.